The molecule has 0 atom stereocenters. The predicted molar refractivity (Wildman–Crippen MR) is 190 cm³/mol. The van der Waals surface area contributed by atoms with Gasteiger partial charge in [0.25, 0.3) is 0 Å². The van der Waals surface area contributed by atoms with E-state index < -0.39 is 32.0 Å². The molecule has 7 rings (SSSR count). The minimum atomic E-state index is -4.76. The van der Waals surface area contributed by atoms with Crippen LogP contribution >= 0.6 is 0 Å². The van der Waals surface area contributed by atoms with Gasteiger partial charge in [0.2, 0.25) is 0 Å². The van der Waals surface area contributed by atoms with Crippen molar-refractivity contribution < 1.29 is 38.4 Å². The van der Waals surface area contributed by atoms with Crippen LogP contribution in [0.1, 0.15) is 27.8 Å². The quantitative estimate of drug-likeness (QED) is 0.131. The van der Waals surface area contributed by atoms with Crippen LogP contribution in [0.2, 0.25) is 0 Å². The van der Waals surface area contributed by atoms with Crippen LogP contribution in [0.3, 0.4) is 0 Å². The van der Waals surface area contributed by atoms with E-state index in [0.29, 0.717) is 27.8 Å². The molecule has 0 bridgehead atoms. The van der Waals surface area contributed by atoms with Crippen LogP contribution in [-0.4, -0.2) is 16.8 Å². The number of hydrogen-bond donors (Lipinski definition) is 0. The Morgan fingerprint density at radius 3 is 1.51 bits per heavy atom. The molecule has 1 aliphatic rings. The van der Waals surface area contributed by atoms with E-state index in [-0.39, 0.29) is 51.7 Å². The Labute approximate surface area is 294 Å². The highest BCUT2D eigenvalue weighted by Crippen LogP contribution is 2.51. The highest BCUT2D eigenvalue weighted by molar-refractivity contribution is 7.86. The molecular formula is C40H29F3O6S2. The number of halogens is 3. The van der Waals surface area contributed by atoms with Crippen LogP contribution in [0.15, 0.2) is 140 Å². The fourth-order valence-corrected chi connectivity index (χ4v) is 8.52. The van der Waals surface area contributed by atoms with Crippen molar-refractivity contribution in [2.45, 2.75) is 24.1 Å². The maximum Gasteiger partial charge on any atom is 0.417 e. The summed E-state index contributed by atoms with van der Waals surface area (Å²) in [7, 11) is -8.08. The van der Waals surface area contributed by atoms with Gasteiger partial charge in [0.05, 0.1) is 5.56 Å². The third-order valence-electron chi connectivity index (χ3n) is 8.52. The van der Waals surface area contributed by atoms with E-state index in [1.54, 1.807) is 91.0 Å². The summed E-state index contributed by atoms with van der Waals surface area (Å²) in [6, 6.07) is 37.2. The van der Waals surface area contributed by atoms with Crippen molar-refractivity contribution in [3.63, 3.8) is 0 Å². The molecule has 0 heterocycles. The first-order valence-electron chi connectivity index (χ1n) is 15.8. The molecule has 51 heavy (non-hydrogen) atoms. The van der Waals surface area contributed by atoms with E-state index >= 15 is 13.2 Å². The molecule has 0 radical (unpaired) electrons. The molecular weight excluding hydrogens is 698 g/mol. The van der Waals surface area contributed by atoms with Crippen molar-refractivity contribution in [1.82, 2.24) is 0 Å². The molecule has 0 aromatic heterocycles. The molecule has 6 nitrogen and oxygen atoms in total. The van der Waals surface area contributed by atoms with Crippen LogP contribution in [-0.2, 0) is 44.3 Å². The van der Waals surface area contributed by atoms with Gasteiger partial charge in [-0.05, 0) is 86.8 Å². The summed E-state index contributed by atoms with van der Waals surface area (Å²) in [6.45, 7) is 0. The van der Waals surface area contributed by atoms with Crippen molar-refractivity contribution in [3.8, 4) is 44.9 Å². The van der Waals surface area contributed by atoms with Gasteiger partial charge in [-0.2, -0.15) is 30.0 Å². The fourth-order valence-electron chi connectivity index (χ4n) is 6.39. The second-order valence-corrected chi connectivity index (χ2v) is 15.3. The van der Waals surface area contributed by atoms with E-state index in [0.717, 1.165) is 5.56 Å². The molecule has 0 amide bonds. The van der Waals surface area contributed by atoms with Gasteiger partial charge in [0, 0.05) is 5.56 Å². The molecule has 0 fully saturated rings. The van der Waals surface area contributed by atoms with Crippen LogP contribution in [0.5, 0.6) is 11.5 Å². The fraction of sp³-hybridized carbons (Fsp3) is 0.100. The maximum atomic E-state index is 15.3. The monoisotopic (exact) mass is 726 g/mol. The van der Waals surface area contributed by atoms with Gasteiger partial charge in [-0.1, -0.05) is 109 Å². The zero-order chi connectivity index (χ0) is 35.8. The Morgan fingerprint density at radius 1 is 0.529 bits per heavy atom. The average Bonchev–Trinajstić information content (AvgIpc) is 3.46. The van der Waals surface area contributed by atoms with E-state index in [1.807, 2.05) is 0 Å². The van der Waals surface area contributed by atoms with Gasteiger partial charge in [-0.3, -0.25) is 0 Å². The number of rotatable bonds is 10. The minimum Gasteiger partial charge on any atom is -0.382 e. The molecule has 0 spiro atoms. The lowest BCUT2D eigenvalue weighted by atomic mass is 9.85. The molecule has 258 valence electrons. The molecule has 0 saturated heterocycles. The first kappa shape index (κ1) is 34.1. The summed E-state index contributed by atoms with van der Waals surface area (Å²) in [5, 5.41) is 0. The van der Waals surface area contributed by atoms with Crippen molar-refractivity contribution >= 4 is 20.2 Å². The van der Waals surface area contributed by atoms with E-state index in [2.05, 4.69) is 0 Å². The van der Waals surface area contributed by atoms with Crippen molar-refractivity contribution in [2.75, 3.05) is 0 Å². The van der Waals surface area contributed by atoms with E-state index in [4.69, 9.17) is 8.37 Å². The Balaban J connectivity index is 1.29. The topological polar surface area (TPSA) is 86.7 Å². The molecule has 0 unspecified atom stereocenters. The lowest BCUT2D eigenvalue weighted by molar-refractivity contribution is -0.137. The summed E-state index contributed by atoms with van der Waals surface area (Å²) >= 11 is 0. The normalized spacial score (nSPS) is 12.6. The standard InChI is InChI=1S/C40H29F3O6S2/c41-40(42,43)39-37-23-31-13-7-8-14-34(31)36(37)24-35(29-15-19-32(20-16-29)48-50(44,45)25-27-9-3-1-4-10-27)38(39)30-17-21-33(22-18-30)49-51(46,47)26-28-11-5-2-6-12-28/h1-22,24H,23,25-26H2. The predicted octanol–water partition coefficient (Wildman–Crippen LogP) is 9.43. The first-order chi connectivity index (χ1) is 24.4. The Hall–Kier alpha value is -5.39. The van der Waals surface area contributed by atoms with Gasteiger partial charge >= 0.3 is 26.4 Å². The van der Waals surface area contributed by atoms with Gasteiger partial charge in [-0.15, -0.1) is 0 Å². The lowest BCUT2D eigenvalue weighted by Gasteiger charge is -2.22. The van der Waals surface area contributed by atoms with Crippen LogP contribution < -0.4 is 8.37 Å². The molecule has 6 aromatic carbocycles. The van der Waals surface area contributed by atoms with Crippen molar-refractivity contribution in [2.24, 2.45) is 0 Å². The molecule has 0 saturated carbocycles. The SMILES string of the molecule is O=S(=O)(Cc1ccccc1)Oc1ccc(-c2cc3c(c(C(F)(F)F)c2-c2ccc(OS(=O)(=O)Cc4ccccc4)cc2)Cc2ccccc2-3)cc1. The minimum absolute atomic E-state index is 0.0111. The molecule has 1 aliphatic carbocycles. The number of hydrogen-bond acceptors (Lipinski definition) is 6. The third kappa shape index (κ3) is 7.54. The van der Waals surface area contributed by atoms with Gasteiger partial charge in [0.15, 0.2) is 0 Å². The average molecular weight is 727 g/mol. The zero-order valence-corrected chi connectivity index (χ0v) is 28.4. The summed E-state index contributed by atoms with van der Waals surface area (Å²) in [5.74, 6) is -0.767. The molecule has 11 heteroatoms. The first-order valence-corrected chi connectivity index (χ1v) is 19.0. The second-order valence-electron chi connectivity index (χ2n) is 12.1. The molecule has 0 aliphatic heterocycles. The van der Waals surface area contributed by atoms with Gasteiger partial charge in [0.1, 0.15) is 23.0 Å². The lowest BCUT2D eigenvalue weighted by Crippen LogP contribution is -2.13. The molecule has 6 aromatic rings. The maximum absolute atomic E-state index is 15.3. The highest BCUT2D eigenvalue weighted by Gasteiger charge is 2.41. The van der Waals surface area contributed by atoms with Crippen molar-refractivity contribution in [3.05, 3.63) is 167 Å². The third-order valence-corrected chi connectivity index (χ3v) is 10.8. The van der Waals surface area contributed by atoms with Crippen LogP contribution in [0, 0.1) is 0 Å². The Kier molecular flexibility index (Phi) is 8.94. The smallest absolute Gasteiger partial charge is 0.382 e. The number of alkyl halides is 3. The largest absolute Gasteiger partial charge is 0.417 e. The Bertz CT molecular complexity index is 2430. The summed E-state index contributed by atoms with van der Waals surface area (Å²) in [5.41, 5.74) is 3.05. The number of fused-ring (bicyclic) bond motifs is 3. The van der Waals surface area contributed by atoms with E-state index in [1.165, 1.54) is 48.5 Å². The summed E-state index contributed by atoms with van der Waals surface area (Å²) in [4.78, 5) is 0. The highest BCUT2D eigenvalue weighted by atomic mass is 32.2. The van der Waals surface area contributed by atoms with Gasteiger partial charge in [-0.25, -0.2) is 0 Å². The van der Waals surface area contributed by atoms with Crippen LogP contribution in [0.4, 0.5) is 13.2 Å². The summed E-state index contributed by atoms with van der Waals surface area (Å²) < 4.78 is 107. The Morgan fingerprint density at radius 2 is 1.00 bits per heavy atom. The zero-order valence-electron chi connectivity index (χ0n) is 26.8. The molecule has 0 N–H and O–H groups in total. The van der Waals surface area contributed by atoms with Crippen molar-refractivity contribution in [1.29, 1.82) is 0 Å². The second kappa shape index (κ2) is 13.4. The van der Waals surface area contributed by atoms with Crippen LogP contribution in [0.25, 0.3) is 33.4 Å². The number of benzene rings is 6. The van der Waals surface area contributed by atoms with Gasteiger partial charge < -0.3 is 8.37 Å². The summed E-state index contributed by atoms with van der Waals surface area (Å²) in [6.07, 6.45) is -4.68. The van der Waals surface area contributed by atoms with E-state index in [9.17, 15) is 16.8 Å².